The van der Waals surface area contributed by atoms with Crippen molar-refractivity contribution >= 4 is 44.4 Å². The number of nitrogens with one attached hydrogen (secondary N) is 1. The van der Waals surface area contributed by atoms with E-state index in [2.05, 4.69) is 23.8 Å². The maximum atomic E-state index is 14.4. The minimum Gasteiger partial charge on any atom is -0.497 e. The molecule has 2 fully saturated rings. The predicted octanol–water partition coefficient (Wildman–Crippen LogP) is 7.07. The summed E-state index contributed by atoms with van der Waals surface area (Å²) in [6, 6.07) is 10.8. The molecule has 0 atom stereocenters. The van der Waals surface area contributed by atoms with Gasteiger partial charge in [-0.3, -0.25) is 14.3 Å². The van der Waals surface area contributed by atoms with Gasteiger partial charge in [-0.1, -0.05) is 25.3 Å². The molecule has 2 aliphatic heterocycles. The van der Waals surface area contributed by atoms with Crippen LogP contribution in [0.5, 0.6) is 5.75 Å². The number of hydrogen-bond acceptors (Lipinski definition) is 6. The first kappa shape index (κ1) is 39.6. The second-order valence-corrected chi connectivity index (χ2v) is 18.2. The molecule has 2 amide bonds. The van der Waals surface area contributed by atoms with Crippen molar-refractivity contribution in [2.24, 2.45) is 0 Å². The lowest BCUT2D eigenvalue weighted by molar-refractivity contribution is -0.911. The number of nitrogens with zero attached hydrogens (tertiary/aromatic N) is 5. The highest BCUT2D eigenvalue weighted by Crippen LogP contribution is 2.48. The van der Waals surface area contributed by atoms with Gasteiger partial charge in [-0.15, -0.1) is 0 Å². The number of fused-ring (bicyclic) bond motifs is 5. The predicted molar refractivity (Wildman–Crippen MR) is 210 cm³/mol. The fourth-order valence-corrected chi connectivity index (χ4v) is 9.05. The van der Waals surface area contributed by atoms with Gasteiger partial charge in [0.1, 0.15) is 12.3 Å². The Balaban J connectivity index is 1.45. The summed E-state index contributed by atoms with van der Waals surface area (Å²) < 4.78 is 79.8. The molecule has 11 nitrogen and oxygen atoms in total. The van der Waals surface area contributed by atoms with Crippen molar-refractivity contribution in [3.63, 3.8) is 0 Å². The van der Waals surface area contributed by atoms with Crippen LogP contribution in [0.2, 0.25) is 0 Å². The zero-order valence-electron chi connectivity index (χ0n) is 32.6. The summed E-state index contributed by atoms with van der Waals surface area (Å²) in [5.41, 5.74) is 4.82. The maximum absolute atomic E-state index is 14.4. The lowest BCUT2D eigenvalue weighted by Gasteiger charge is -2.41. The third-order valence-electron chi connectivity index (χ3n) is 12.0. The number of allylic oxidation sites excluding steroid dienone is 1. The number of aromatic nitrogens is 3. The molecule has 0 spiro atoms. The van der Waals surface area contributed by atoms with Gasteiger partial charge in [0.25, 0.3) is 11.8 Å². The summed E-state index contributed by atoms with van der Waals surface area (Å²) in [5, 5.41) is 4.24. The largest absolute Gasteiger partial charge is 0.497 e. The van der Waals surface area contributed by atoms with E-state index in [4.69, 9.17) is 4.74 Å². The zero-order valence-corrected chi connectivity index (χ0v) is 33.4. The summed E-state index contributed by atoms with van der Waals surface area (Å²) in [4.78, 5) is 29.6. The lowest BCUT2D eigenvalue weighted by atomic mass is 9.81. The highest BCUT2D eigenvalue weighted by Gasteiger charge is 2.37. The van der Waals surface area contributed by atoms with E-state index in [1.54, 1.807) is 24.1 Å². The van der Waals surface area contributed by atoms with Crippen molar-refractivity contribution < 1.29 is 40.4 Å². The van der Waals surface area contributed by atoms with Crippen LogP contribution in [0.15, 0.2) is 42.6 Å². The quantitative estimate of drug-likeness (QED) is 0.182. The van der Waals surface area contributed by atoms with Crippen molar-refractivity contribution in [1.29, 1.82) is 0 Å². The monoisotopic (exact) mass is 795 g/mol. The van der Waals surface area contributed by atoms with Crippen molar-refractivity contribution in [2.45, 2.75) is 83.3 Å². The van der Waals surface area contributed by atoms with Crippen LogP contribution >= 0.6 is 0 Å². The van der Waals surface area contributed by atoms with Crippen molar-refractivity contribution in [3.8, 4) is 17.0 Å². The Morgan fingerprint density at radius 1 is 1.04 bits per heavy atom. The number of likely N-dealkylation sites (N-methyl/N-ethyl adjacent to an activating group) is 1. The number of piperazine rings is 1. The average Bonchev–Trinajstić information content (AvgIpc) is 3.66. The molecule has 4 aromatic rings. The van der Waals surface area contributed by atoms with Crippen LogP contribution in [0.1, 0.15) is 96.3 Å². The molecule has 15 heteroatoms. The topological polar surface area (TPSA) is 116 Å². The first-order valence-corrected chi connectivity index (χ1v) is 20.9. The number of alkyl halides is 3. The summed E-state index contributed by atoms with van der Waals surface area (Å²) >= 11 is 0. The summed E-state index contributed by atoms with van der Waals surface area (Å²) in [5.74, 6) is -0.434. The Bertz CT molecular complexity index is 2310. The Labute approximate surface area is 325 Å². The molecule has 0 bridgehead atoms. The number of benzene rings is 2. The summed E-state index contributed by atoms with van der Waals surface area (Å²) in [7, 11) is -0.249. The Morgan fingerprint density at radius 2 is 1.75 bits per heavy atom. The van der Waals surface area contributed by atoms with Crippen LogP contribution in [0.3, 0.4) is 0 Å². The molecule has 1 saturated carbocycles. The van der Waals surface area contributed by atoms with Gasteiger partial charge in [0.05, 0.1) is 81.8 Å². The Kier molecular flexibility index (Phi) is 10.6. The number of carbonyl (C=O) groups excluding carboxylic acids is 2. The van der Waals surface area contributed by atoms with Gasteiger partial charge in [-0.05, 0) is 92.6 Å². The van der Waals surface area contributed by atoms with Crippen LogP contribution in [0.25, 0.3) is 33.8 Å². The molecule has 3 aliphatic rings. The van der Waals surface area contributed by atoms with Gasteiger partial charge in [0.2, 0.25) is 10.0 Å². The van der Waals surface area contributed by atoms with E-state index in [0.717, 1.165) is 83.1 Å². The SMILES string of the molecule is CC[N+]1(C)CCN(C(=O)c2cnn(CC(F)(F)F)c2C2=Cc3cc(OC)ccc3-c3c(C4CCCCC4)c4ccc(C(=O)NS(=O)(=O)C(C)C)cc4n3C2)CC1. The molecular formula is C41H50F3N6O5S+. The zero-order chi connectivity index (χ0) is 40.2. The fraction of sp³-hybridized carbons (Fsp3) is 0.488. The number of sulfonamides is 1. The molecule has 7 rings (SSSR count). The average molecular weight is 796 g/mol. The van der Waals surface area contributed by atoms with E-state index < -0.39 is 33.9 Å². The van der Waals surface area contributed by atoms with E-state index >= 15 is 0 Å². The minimum atomic E-state index is -4.63. The molecule has 2 aromatic carbocycles. The van der Waals surface area contributed by atoms with E-state index in [1.165, 1.54) is 20.0 Å². The van der Waals surface area contributed by atoms with Gasteiger partial charge in [-0.2, -0.15) is 18.3 Å². The maximum Gasteiger partial charge on any atom is 0.408 e. The minimum absolute atomic E-state index is 0.0412. The first-order valence-electron chi connectivity index (χ1n) is 19.4. The van der Waals surface area contributed by atoms with Gasteiger partial charge in [0.15, 0.2) is 0 Å². The smallest absolute Gasteiger partial charge is 0.408 e. The van der Waals surface area contributed by atoms with Crippen LogP contribution in [-0.4, -0.2) is 102 Å². The van der Waals surface area contributed by atoms with E-state index in [1.807, 2.05) is 34.9 Å². The molecule has 1 saturated heterocycles. The third-order valence-corrected chi connectivity index (χ3v) is 13.7. The molecule has 0 radical (unpaired) electrons. The molecule has 0 unspecified atom stereocenters. The number of halogens is 3. The number of carbonyl (C=O) groups is 2. The number of methoxy groups -OCH3 is 1. The van der Waals surface area contributed by atoms with Gasteiger partial charge in [-0.25, -0.2) is 13.1 Å². The van der Waals surface area contributed by atoms with Crippen LogP contribution in [0.4, 0.5) is 13.2 Å². The molecule has 300 valence electrons. The van der Waals surface area contributed by atoms with Crippen LogP contribution in [0, 0.1) is 0 Å². The van der Waals surface area contributed by atoms with Crippen molar-refractivity contribution in [1.82, 2.24) is 24.0 Å². The molecule has 56 heavy (non-hydrogen) atoms. The normalized spacial score (nSPS) is 17.7. The van der Waals surface area contributed by atoms with E-state index in [-0.39, 0.29) is 35.2 Å². The second kappa shape index (κ2) is 15.0. The Hall–Kier alpha value is -4.63. The fourth-order valence-electron chi connectivity index (χ4n) is 8.44. The second-order valence-electron chi connectivity index (χ2n) is 15.9. The number of amides is 2. The lowest BCUT2D eigenvalue weighted by Crippen LogP contribution is -2.58. The van der Waals surface area contributed by atoms with Crippen LogP contribution < -0.4 is 9.46 Å². The number of rotatable bonds is 9. The highest BCUT2D eigenvalue weighted by atomic mass is 32.2. The highest BCUT2D eigenvalue weighted by molar-refractivity contribution is 7.90. The molecule has 4 heterocycles. The van der Waals surface area contributed by atoms with E-state index in [0.29, 0.717) is 35.5 Å². The molecule has 2 aromatic heterocycles. The third kappa shape index (κ3) is 7.59. The van der Waals surface area contributed by atoms with Gasteiger partial charge in [0, 0.05) is 22.0 Å². The number of quaternary nitrogens is 1. The molecule has 1 aliphatic carbocycles. The summed E-state index contributed by atoms with van der Waals surface area (Å²) in [6.45, 7) is 6.98. The summed E-state index contributed by atoms with van der Waals surface area (Å²) in [6.07, 6.45) is 3.53. The first-order chi connectivity index (χ1) is 26.5. The Morgan fingerprint density at radius 3 is 2.39 bits per heavy atom. The molecular weight excluding hydrogens is 746 g/mol. The van der Waals surface area contributed by atoms with Crippen molar-refractivity contribution in [2.75, 3.05) is 46.9 Å². The standard InChI is InChI=1S/C41H49F3N6O5S/c1-6-50(4)18-16-47(17-19-50)40(52)34-23-45-49(25-41(42,43)44)37(34)30-20-29-21-31(55-5)13-15-32(29)38-36(27-10-8-7-9-11-27)33-14-12-28(22-35(33)48(38)24-30)39(51)46-56(53,54)26(2)3/h12-15,20-23,26-27H,6-11,16-19,24-25H2,1-5H3/p+1. The van der Waals surface area contributed by atoms with Gasteiger partial charge < -0.3 is 18.7 Å². The number of hydrogen-bond donors (Lipinski definition) is 1. The van der Waals surface area contributed by atoms with E-state index in [9.17, 15) is 31.2 Å². The van der Waals surface area contributed by atoms with Gasteiger partial charge >= 0.3 is 6.18 Å². The van der Waals surface area contributed by atoms with Crippen molar-refractivity contribution in [3.05, 3.63) is 70.5 Å². The number of ether oxygens (including phenoxy) is 1. The van der Waals surface area contributed by atoms with Crippen LogP contribution in [-0.2, 0) is 23.1 Å². The molecule has 1 N–H and O–H groups in total.